The molecule has 0 atom stereocenters. The number of aromatic nitrogens is 4. The highest BCUT2D eigenvalue weighted by Gasteiger charge is 2.31. The van der Waals surface area contributed by atoms with Crippen molar-refractivity contribution >= 4 is 43.6 Å². The van der Waals surface area contributed by atoms with Gasteiger partial charge >= 0.3 is 0 Å². The van der Waals surface area contributed by atoms with E-state index in [1.807, 2.05) is 164 Å². The number of benzene rings is 8. The molecule has 8 aromatic carbocycles. The smallest absolute Gasteiger partial charge is 0.200 e. The molecule has 0 saturated carbocycles. The monoisotopic (exact) mass is 905 g/mol. The maximum Gasteiger partial charge on any atom is 0.200 e. The maximum absolute atomic E-state index is 16.4. The molecule has 4 heterocycles. The van der Waals surface area contributed by atoms with Gasteiger partial charge in [0.2, 0.25) is 5.82 Å². The zero-order valence-electron chi connectivity index (χ0n) is 36.1. The molecule has 0 aliphatic heterocycles. The number of pyridine rings is 2. The predicted octanol–water partition coefficient (Wildman–Crippen LogP) is 15.6. The van der Waals surface area contributed by atoms with Crippen molar-refractivity contribution in [2.24, 2.45) is 0 Å². The molecule has 0 N–H and O–H groups in total. The van der Waals surface area contributed by atoms with Crippen LogP contribution in [-0.2, 0) is 0 Å². The largest absolute Gasteiger partial charge is 0.309 e. The van der Waals surface area contributed by atoms with E-state index in [0.717, 1.165) is 66.3 Å². The van der Waals surface area contributed by atoms with Crippen molar-refractivity contribution in [2.45, 2.75) is 0 Å². The van der Waals surface area contributed by atoms with Crippen molar-refractivity contribution in [3.63, 3.8) is 0 Å². The van der Waals surface area contributed by atoms with Gasteiger partial charge < -0.3 is 9.13 Å². The second-order valence-electron chi connectivity index (χ2n) is 16.7. The minimum absolute atomic E-state index is 0.0303. The summed E-state index contributed by atoms with van der Waals surface area (Å²) in [5.41, 5.74) is 8.28. The van der Waals surface area contributed by atoms with Crippen LogP contribution in [-0.4, -0.2) is 19.1 Å². The van der Waals surface area contributed by atoms with Gasteiger partial charge in [-0.25, -0.2) is 22.0 Å². The number of para-hydroxylation sites is 2. The first kappa shape index (κ1) is 41.2. The molecule has 0 fully saturated rings. The van der Waals surface area contributed by atoms with Crippen LogP contribution in [0.4, 0.5) is 22.0 Å². The summed E-state index contributed by atoms with van der Waals surface area (Å²) in [5, 5.41) is 14.2. The maximum atomic E-state index is 16.4. The quantitative estimate of drug-likeness (QED) is 0.0909. The lowest BCUT2D eigenvalue weighted by molar-refractivity contribution is 0.381. The molecule has 10 heteroatoms. The third kappa shape index (κ3) is 6.66. The summed E-state index contributed by atoms with van der Waals surface area (Å²) in [6.45, 7) is 0. The Labute approximate surface area is 390 Å². The summed E-state index contributed by atoms with van der Waals surface area (Å²) >= 11 is 0. The van der Waals surface area contributed by atoms with Crippen molar-refractivity contribution in [2.75, 3.05) is 0 Å². The first-order chi connectivity index (χ1) is 33.8. The zero-order valence-corrected chi connectivity index (χ0v) is 36.1. The summed E-state index contributed by atoms with van der Waals surface area (Å²) in [4.78, 5) is 9.19. The Bertz CT molecular complexity index is 4070. The van der Waals surface area contributed by atoms with Crippen LogP contribution in [0.1, 0.15) is 5.56 Å². The van der Waals surface area contributed by atoms with E-state index in [1.165, 1.54) is 12.1 Å². The van der Waals surface area contributed by atoms with Crippen LogP contribution in [0, 0.1) is 40.4 Å². The fraction of sp³-hybridized carbons (Fsp3) is 0. The van der Waals surface area contributed by atoms with Crippen molar-refractivity contribution in [3.05, 3.63) is 229 Å². The van der Waals surface area contributed by atoms with Gasteiger partial charge in [-0.15, -0.1) is 0 Å². The average Bonchev–Trinajstić information content (AvgIpc) is 3.92. The van der Waals surface area contributed by atoms with Crippen LogP contribution in [0.5, 0.6) is 0 Å². The van der Waals surface area contributed by atoms with E-state index in [0.29, 0.717) is 22.1 Å². The normalized spacial score (nSPS) is 11.5. The van der Waals surface area contributed by atoms with Gasteiger partial charge in [-0.3, -0.25) is 9.97 Å². The molecule has 12 aromatic rings. The molecule has 0 amide bonds. The predicted molar refractivity (Wildman–Crippen MR) is 262 cm³/mol. The standard InChI is InChI=1S/C59H32F5N5/c60-55-54(56(61)58(63)59(64)57(55)62)45-32-52(68-48-17-9-7-15-41(48)43-27-36(19-21-50(43)68)38-23-25-66-46(29-38)34-11-3-1-4-12-34)40(33-65)31-53(45)69-49-18-10-8-16-42(49)44-28-37(20-22-51(44)69)39-24-26-67-47(30-39)35-13-5-2-6-14-35/h1-32H. The molecular weight excluding hydrogens is 874 g/mol. The molecule has 0 aliphatic rings. The zero-order chi connectivity index (χ0) is 46.9. The van der Waals surface area contributed by atoms with E-state index in [2.05, 4.69) is 16.0 Å². The van der Waals surface area contributed by atoms with Crippen molar-refractivity contribution in [3.8, 4) is 73.3 Å². The number of fused-ring (bicyclic) bond motifs is 6. The van der Waals surface area contributed by atoms with E-state index in [4.69, 9.17) is 0 Å². The molecule has 0 saturated heterocycles. The lowest BCUT2D eigenvalue weighted by Gasteiger charge is -2.20. The van der Waals surface area contributed by atoms with Gasteiger partial charge in [0, 0.05) is 50.6 Å². The fourth-order valence-corrected chi connectivity index (χ4v) is 9.66. The van der Waals surface area contributed by atoms with E-state index < -0.39 is 34.6 Å². The van der Waals surface area contributed by atoms with Crippen molar-refractivity contribution in [1.82, 2.24) is 19.1 Å². The molecule has 4 aromatic heterocycles. The number of hydrogen-bond acceptors (Lipinski definition) is 3. The summed E-state index contributed by atoms with van der Waals surface area (Å²) in [6.07, 6.45) is 3.50. The van der Waals surface area contributed by atoms with Gasteiger partial charge in [0.15, 0.2) is 23.3 Å². The Kier molecular flexibility index (Phi) is 9.74. The molecule has 0 unspecified atom stereocenters. The van der Waals surface area contributed by atoms with Gasteiger partial charge in [-0.05, 0) is 95.1 Å². The van der Waals surface area contributed by atoms with Crippen LogP contribution < -0.4 is 0 Å². The molecule has 12 rings (SSSR count). The van der Waals surface area contributed by atoms with E-state index >= 15 is 17.6 Å². The molecule has 0 spiro atoms. The third-order valence-corrected chi connectivity index (χ3v) is 12.9. The Balaban J connectivity index is 1.10. The Morgan fingerprint density at radius 2 is 0.783 bits per heavy atom. The SMILES string of the molecule is N#Cc1cc(-n2c3ccccc3c3cc(-c4ccnc(-c5ccccc5)c4)ccc32)c(-c2c(F)c(F)c(F)c(F)c2F)cc1-n1c2ccccc2c2cc(-c3ccnc(-c4ccccc4)c3)ccc21. The molecule has 5 nitrogen and oxygen atoms in total. The summed E-state index contributed by atoms with van der Waals surface area (Å²) in [7, 11) is 0. The van der Waals surface area contributed by atoms with Gasteiger partial charge in [-0.1, -0.05) is 109 Å². The molecule has 0 radical (unpaired) electrons. The molecule has 69 heavy (non-hydrogen) atoms. The van der Waals surface area contributed by atoms with Crippen molar-refractivity contribution < 1.29 is 22.0 Å². The molecular formula is C59H32F5N5. The van der Waals surface area contributed by atoms with Crippen LogP contribution in [0.25, 0.3) is 111 Å². The Hall–Kier alpha value is -9.20. The van der Waals surface area contributed by atoms with Gasteiger partial charge in [0.05, 0.1) is 56.0 Å². The van der Waals surface area contributed by atoms with E-state index in [1.54, 1.807) is 27.6 Å². The summed E-state index contributed by atoms with van der Waals surface area (Å²) < 4.78 is 82.0. The van der Waals surface area contributed by atoms with Crippen molar-refractivity contribution in [1.29, 1.82) is 5.26 Å². The second-order valence-corrected chi connectivity index (χ2v) is 16.7. The van der Waals surface area contributed by atoms with Crippen LogP contribution >= 0.6 is 0 Å². The van der Waals surface area contributed by atoms with E-state index in [-0.39, 0.29) is 22.5 Å². The summed E-state index contributed by atoms with van der Waals surface area (Å²) in [5.74, 6) is -10.5. The highest BCUT2D eigenvalue weighted by molar-refractivity contribution is 6.12. The van der Waals surface area contributed by atoms with E-state index in [9.17, 15) is 9.65 Å². The number of nitriles is 1. The highest BCUT2D eigenvalue weighted by atomic mass is 19.2. The first-order valence-corrected chi connectivity index (χ1v) is 22.0. The van der Waals surface area contributed by atoms with Gasteiger partial charge in [-0.2, -0.15) is 5.26 Å². The average molecular weight is 906 g/mol. The van der Waals surface area contributed by atoms with Crippen LogP contribution in [0.3, 0.4) is 0 Å². The topological polar surface area (TPSA) is 59.4 Å². The minimum Gasteiger partial charge on any atom is -0.309 e. The lowest BCUT2D eigenvalue weighted by Crippen LogP contribution is -2.08. The molecule has 0 bridgehead atoms. The second kappa shape index (κ2) is 16.3. The number of halogens is 5. The van der Waals surface area contributed by atoms with Gasteiger partial charge in [0.25, 0.3) is 0 Å². The molecule has 0 aliphatic carbocycles. The Morgan fingerprint density at radius 1 is 0.362 bits per heavy atom. The molecule has 328 valence electrons. The van der Waals surface area contributed by atoms with Crippen LogP contribution in [0.2, 0.25) is 0 Å². The number of rotatable bonds is 7. The van der Waals surface area contributed by atoms with Gasteiger partial charge in [0.1, 0.15) is 6.07 Å². The third-order valence-electron chi connectivity index (χ3n) is 12.9. The lowest BCUT2D eigenvalue weighted by atomic mass is 9.97. The summed E-state index contributed by atoms with van der Waals surface area (Å²) in [6, 6.07) is 59.1. The van der Waals surface area contributed by atoms with Crippen LogP contribution in [0.15, 0.2) is 194 Å². The number of hydrogen-bond donors (Lipinski definition) is 0. The first-order valence-electron chi connectivity index (χ1n) is 22.0. The minimum atomic E-state index is -2.27. The fourth-order valence-electron chi connectivity index (χ4n) is 9.66. The highest BCUT2D eigenvalue weighted by Crippen LogP contribution is 2.44. The number of nitrogens with zero attached hydrogens (tertiary/aromatic N) is 5. The Morgan fingerprint density at radius 3 is 1.28 bits per heavy atom.